The largest absolute Gasteiger partial charge is 0.398 e. The van der Waals surface area contributed by atoms with Crippen molar-refractivity contribution in [3.05, 3.63) is 46.2 Å². The minimum atomic E-state index is -3.62. The van der Waals surface area contributed by atoms with Crippen molar-refractivity contribution in [3.8, 4) is 0 Å². The minimum Gasteiger partial charge on any atom is -0.398 e. The van der Waals surface area contributed by atoms with E-state index in [9.17, 15) is 8.42 Å². The van der Waals surface area contributed by atoms with Gasteiger partial charge in [-0.05, 0) is 42.5 Å². The van der Waals surface area contributed by atoms with Gasteiger partial charge in [0.25, 0.3) is 0 Å². The van der Waals surface area contributed by atoms with E-state index in [2.05, 4.69) is 4.72 Å². The molecular weight excluding hydrogens is 304 g/mol. The van der Waals surface area contributed by atoms with E-state index in [1.807, 2.05) is 31.4 Å². The van der Waals surface area contributed by atoms with Gasteiger partial charge in [0, 0.05) is 4.88 Å². The Morgan fingerprint density at radius 2 is 2.10 bits per heavy atom. The first-order valence-electron chi connectivity index (χ1n) is 6.86. The molecule has 4 nitrogen and oxygen atoms in total. The van der Waals surface area contributed by atoms with Crippen LogP contribution in [0.2, 0.25) is 0 Å². The highest BCUT2D eigenvalue weighted by Crippen LogP contribution is 2.27. The molecule has 0 aliphatic heterocycles. The second-order valence-corrected chi connectivity index (χ2v) is 7.68. The van der Waals surface area contributed by atoms with E-state index in [0.29, 0.717) is 0 Å². The first-order valence-corrected chi connectivity index (χ1v) is 9.22. The van der Waals surface area contributed by atoms with Gasteiger partial charge < -0.3 is 5.73 Å². The van der Waals surface area contributed by atoms with Crippen molar-refractivity contribution < 1.29 is 8.42 Å². The first kappa shape index (κ1) is 16.0. The third kappa shape index (κ3) is 3.84. The van der Waals surface area contributed by atoms with Gasteiger partial charge >= 0.3 is 0 Å². The standard InChI is InChI=1S/C15H20N2O2S2/c1-3-5-13(14-6-4-9-20-14)17-21(18,19)15-8-7-11(2)10-12(15)16/h4,6-10,13,17H,3,5,16H2,1-2H3. The van der Waals surface area contributed by atoms with Crippen LogP contribution in [0.3, 0.4) is 0 Å². The van der Waals surface area contributed by atoms with Gasteiger partial charge in [-0.2, -0.15) is 0 Å². The van der Waals surface area contributed by atoms with Crippen LogP contribution in [0.25, 0.3) is 0 Å². The van der Waals surface area contributed by atoms with Crippen LogP contribution in [0.4, 0.5) is 5.69 Å². The maximum Gasteiger partial charge on any atom is 0.243 e. The summed E-state index contributed by atoms with van der Waals surface area (Å²) in [5.74, 6) is 0. The lowest BCUT2D eigenvalue weighted by Gasteiger charge is -2.18. The number of benzene rings is 1. The lowest BCUT2D eigenvalue weighted by Crippen LogP contribution is -2.28. The van der Waals surface area contributed by atoms with Crippen LogP contribution in [0.5, 0.6) is 0 Å². The van der Waals surface area contributed by atoms with E-state index in [-0.39, 0.29) is 16.6 Å². The number of nitrogen functional groups attached to an aromatic ring is 1. The molecule has 21 heavy (non-hydrogen) atoms. The highest BCUT2D eigenvalue weighted by atomic mass is 32.2. The summed E-state index contributed by atoms with van der Waals surface area (Å²) in [5.41, 5.74) is 7.08. The summed E-state index contributed by atoms with van der Waals surface area (Å²) in [4.78, 5) is 1.16. The van der Waals surface area contributed by atoms with Crippen molar-refractivity contribution in [3.63, 3.8) is 0 Å². The summed E-state index contributed by atoms with van der Waals surface area (Å²) >= 11 is 1.56. The van der Waals surface area contributed by atoms with Crippen molar-refractivity contribution in [1.29, 1.82) is 0 Å². The predicted molar refractivity (Wildman–Crippen MR) is 87.9 cm³/mol. The molecule has 1 unspecified atom stereocenters. The predicted octanol–water partition coefficient (Wildman–Crippen LogP) is 3.46. The topological polar surface area (TPSA) is 72.2 Å². The fourth-order valence-corrected chi connectivity index (χ4v) is 4.45. The molecule has 2 aromatic rings. The van der Waals surface area contributed by atoms with Crippen molar-refractivity contribution in [2.75, 3.05) is 5.73 Å². The van der Waals surface area contributed by atoms with Gasteiger partial charge in [0.1, 0.15) is 4.90 Å². The number of nitrogens with one attached hydrogen (secondary N) is 1. The molecule has 1 heterocycles. The van der Waals surface area contributed by atoms with Crippen LogP contribution in [-0.2, 0) is 10.0 Å². The molecule has 0 aliphatic carbocycles. The molecule has 0 bridgehead atoms. The van der Waals surface area contributed by atoms with Gasteiger partial charge in [0.2, 0.25) is 10.0 Å². The number of rotatable bonds is 6. The molecule has 0 saturated heterocycles. The first-order chi connectivity index (χ1) is 9.94. The zero-order valence-corrected chi connectivity index (χ0v) is 13.8. The molecule has 6 heteroatoms. The minimum absolute atomic E-state index is 0.144. The molecular formula is C15H20N2O2S2. The summed E-state index contributed by atoms with van der Waals surface area (Å²) in [5, 5.41) is 1.95. The number of anilines is 1. The Morgan fingerprint density at radius 3 is 2.67 bits per heavy atom. The van der Waals surface area contributed by atoms with E-state index >= 15 is 0 Å². The molecule has 1 atom stereocenters. The number of nitrogens with two attached hydrogens (primary N) is 1. The van der Waals surface area contributed by atoms with Crippen LogP contribution < -0.4 is 10.5 Å². The maximum absolute atomic E-state index is 12.6. The molecule has 2 rings (SSSR count). The Kier molecular flexibility index (Phi) is 5.03. The molecule has 0 aliphatic rings. The smallest absolute Gasteiger partial charge is 0.243 e. The third-order valence-electron chi connectivity index (χ3n) is 3.22. The van der Waals surface area contributed by atoms with Gasteiger partial charge in [0.05, 0.1) is 11.7 Å². The maximum atomic E-state index is 12.6. The van der Waals surface area contributed by atoms with Crippen LogP contribution in [-0.4, -0.2) is 8.42 Å². The van der Waals surface area contributed by atoms with E-state index < -0.39 is 10.0 Å². The second-order valence-electron chi connectivity index (χ2n) is 5.02. The molecule has 0 amide bonds. The Morgan fingerprint density at radius 1 is 1.33 bits per heavy atom. The van der Waals surface area contributed by atoms with Crippen molar-refractivity contribution in [2.24, 2.45) is 0 Å². The Hall–Kier alpha value is -1.37. The summed E-state index contributed by atoms with van der Waals surface area (Å²) in [6, 6.07) is 8.66. The second kappa shape index (κ2) is 6.60. The summed E-state index contributed by atoms with van der Waals surface area (Å²) in [6.07, 6.45) is 1.65. The SMILES string of the molecule is CCCC(NS(=O)(=O)c1ccc(C)cc1N)c1cccs1. The van der Waals surface area contributed by atoms with Gasteiger partial charge in [-0.1, -0.05) is 25.5 Å². The molecule has 1 aromatic heterocycles. The average molecular weight is 324 g/mol. The van der Waals surface area contributed by atoms with E-state index in [1.165, 1.54) is 0 Å². The Bertz CT molecular complexity index is 694. The monoisotopic (exact) mass is 324 g/mol. The number of hydrogen-bond donors (Lipinski definition) is 2. The molecule has 0 fully saturated rings. The highest BCUT2D eigenvalue weighted by Gasteiger charge is 2.23. The van der Waals surface area contributed by atoms with E-state index in [4.69, 9.17) is 5.73 Å². The molecule has 114 valence electrons. The lowest BCUT2D eigenvalue weighted by molar-refractivity contribution is 0.540. The van der Waals surface area contributed by atoms with Crippen LogP contribution >= 0.6 is 11.3 Å². The van der Waals surface area contributed by atoms with Gasteiger partial charge in [0.15, 0.2) is 0 Å². The van der Waals surface area contributed by atoms with E-state index in [1.54, 1.807) is 29.5 Å². The molecule has 3 N–H and O–H groups in total. The van der Waals surface area contributed by atoms with Crippen LogP contribution in [0.1, 0.15) is 36.2 Å². The van der Waals surface area contributed by atoms with Crippen molar-refractivity contribution in [1.82, 2.24) is 4.72 Å². The third-order valence-corrected chi connectivity index (χ3v) is 5.75. The molecule has 0 spiro atoms. The normalized spacial score (nSPS) is 13.2. The zero-order valence-electron chi connectivity index (χ0n) is 12.2. The quantitative estimate of drug-likeness (QED) is 0.799. The Balaban J connectivity index is 2.30. The molecule has 0 radical (unpaired) electrons. The highest BCUT2D eigenvalue weighted by molar-refractivity contribution is 7.89. The van der Waals surface area contributed by atoms with Crippen molar-refractivity contribution in [2.45, 2.75) is 37.6 Å². The zero-order chi connectivity index (χ0) is 15.5. The number of sulfonamides is 1. The van der Waals surface area contributed by atoms with Crippen LogP contribution in [0, 0.1) is 6.92 Å². The number of thiophene rings is 1. The van der Waals surface area contributed by atoms with Crippen molar-refractivity contribution >= 4 is 27.0 Å². The Labute approximate surface area is 130 Å². The summed E-state index contributed by atoms with van der Waals surface area (Å²) in [6.45, 7) is 3.92. The average Bonchev–Trinajstić information content (AvgIpc) is 2.91. The number of hydrogen-bond acceptors (Lipinski definition) is 4. The molecule has 1 aromatic carbocycles. The summed E-state index contributed by atoms with van der Waals surface area (Å²) in [7, 11) is -3.62. The van der Waals surface area contributed by atoms with E-state index in [0.717, 1.165) is 23.3 Å². The van der Waals surface area contributed by atoms with Gasteiger partial charge in [-0.3, -0.25) is 0 Å². The fraction of sp³-hybridized carbons (Fsp3) is 0.333. The lowest BCUT2D eigenvalue weighted by atomic mass is 10.1. The molecule has 0 saturated carbocycles. The van der Waals surface area contributed by atoms with Gasteiger partial charge in [-0.25, -0.2) is 13.1 Å². The summed E-state index contributed by atoms with van der Waals surface area (Å²) < 4.78 is 27.9. The number of aryl methyl sites for hydroxylation is 1. The van der Waals surface area contributed by atoms with Crippen LogP contribution in [0.15, 0.2) is 40.6 Å². The van der Waals surface area contributed by atoms with Gasteiger partial charge in [-0.15, -0.1) is 11.3 Å². The fourth-order valence-electron chi connectivity index (χ4n) is 2.20.